The highest BCUT2D eigenvalue weighted by Crippen LogP contribution is 2.31. The van der Waals surface area contributed by atoms with Crippen LogP contribution in [0.25, 0.3) is 10.9 Å². The average molecular weight is 404 g/mol. The van der Waals surface area contributed by atoms with Crippen molar-refractivity contribution in [1.82, 2.24) is 19.9 Å². The van der Waals surface area contributed by atoms with Crippen molar-refractivity contribution >= 4 is 28.4 Å². The Kier molecular flexibility index (Phi) is 4.87. The summed E-state index contributed by atoms with van der Waals surface area (Å²) in [5.41, 5.74) is -0.315. The molecule has 152 valence electrons. The first-order valence-electron chi connectivity index (χ1n) is 9.08. The van der Waals surface area contributed by atoms with E-state index in [0.29, 0.717) is 17.2 Å². The van der Waals surface area contributed by atoms with E-state index in [1.54, 1.807) is 6.07 Å². The lowest BCUT2D eigenvalue weighted by molar-refractivity contribution is -0.137. The highest BCUT2D eigenvalue weighted by molar-refractivity contribution is 5.90. The molecule has 0 radical (unpaired) electrons. The second kappa shape index (κ2) is 7.36. The Morgan fingerprint density at radius 3 is 2.59 bits per heavy atom. The van der Waals surface area contributed by atoms with E-state index in [2.05, 4.69) is 30.5 Å². The molecule has 0 unspecified atom stereocenters. The van der Waals surface area contributed by atoms with Crippen LogP contribution in [0.15, 0.2) is 41.3 Å². The molecule has 3 N–H and O–H groups in total. The van der Waals surface area contributed by atoms with Gasteiger partial charge in [0.05, 0.1) is 11.1 Å². The van der Waals surface area contributed by atoms with E-state index in [4.69, 9.17) is 0 Å². The number of pyridine rings is 1. The lowest BCUT2D eigenvalue weighted by Crippen LogP contribution is -2.25. The number of aromatic nitrogens is 3. The molecule has 0 amide bonds. The number of likely N-dealkylation sites (N-methyl/N-ethyl adjacent to an activating group) is 1. The predicted molar refractivity (Wildman–Crippen MR) is 104 cm³/mol. The van der Waals surface area contributed by atoms with Crippen LogP contribution in [-0.2, 0) is 6.18 Å². The number of H-pyrrole nitrogens is 1. The third-order valence-electron chi connectivity index (χ3n) is 4.82. The van der Waals surface area contributed by atoms with Crippen LogP contribution in [0.4, 0.5) is 30.6 Å². The molecule has 1 atom stereocenters. The number of nitrogens with zero attached hydrogens (tertiary/aromatic N) is 3. The van der Waals surface area contributed by atoms with Crippen LogP contribution in [0.5, 0.6) is 0 Å². The maximum Gasteiger partial charge on any atom is 0.416 e. The van der Waals surface area contributed by atoms with E-state index in [9.17, 15) is 18.0 Å². The van der Waals surface area contributed by atoms with Gasteiger partial charge >= 0.3 is 6.18 Å². The summed E-state index contributed by atoms with van der Waals surface area (Å²) in [6.45, 7) is 1.81. The van der Waals surface area contributed by atoms with Crippen LogP contribution < -0.4 is 16.2 Å². The van der Waals surface area contributed by atoms with E-state index < -0.39 is 11.7 Å². The first kappa shape index (κ1) is 19.2. The number of halogens is 3. The zero-order chi connectivity index (χ0) is 20.6. The maximum absolute atomic E-state index is 12.8. The van der Waals surface area contributed by atoms with Gasteiger partial charge in [0.2, 0.25) is 5.95 Å². The first-order valence-corrected chi connectivity index (χ1v) is 9.08. The number of hydrogen-bond acceptors (Lipinski definition) is 6. The molecule has 1 saturated heterocycles. The molecule has 1 fully saturated rings. The van der Waals surface area contributed by atoms with Crippen molar-refractivity contribution in [2.45, 2.75) is 18.6 Å². The molecule has 3 aromatic rings. The van der Waals surface area contributed by atoms with E-state index in [1.807, 2.05) is 7.05 Å². The quantitative estimate of drug-likeness (QED) is 0.619. The molecule has 1 aliphatic heterocycles. The van der Waals surface area contributed by atoms with Crippen molar-refractivity contribution in [3.63, 3.8) is 0 Å². The monoisotopic (exact) mass is 404 g/mol. The van der Waals surface area contributed by atoms with Gasteiger partial charge in [-0.25, -0.2) is 4.98 Å². The van der Waals surface area contributed by atoms with E-state index in [0.717, 1.165) is 31.6 Å². The van der Waals surface area contributed by atoms with Crippen LogP contribution >= 0.6 is 0 Å². The Labute approximate surface area is 164 Å². The molecular weight excluding hydrogens is 385 g/mol. The fourth-order valence-corrected chi connectivity index (χ4v) is 3.36. The minimum atomic E-state index is -4.41. The van der Waals surface area contributed by atoms with Gasteiger partial charge in [-0.3, -0.25) is 4.79 Å². The molecule has 1 aliphatic rings. The Balaban J connectivity index is 1.69. The van der Waals surface area contributed by atoms with Crippen molar-refractivity contribution < 1.29 is 13.2 Å². The molecular formula is C19H19F3N6O. The highest BCUT2D eigenvalue weighted by Gasteiger charge is 2.30. The molecule has 29 heavy (non-hydrogen) atoms. The first-order chi connectivity index (χ1) is 13.8. The van der Waals surface area contributed by atoms with Crippen molar-refractivity contribution in [3.8, 4) is 0 Å². The summed E-state index contributed by atoms with van der Waals surface area (Å²) < 4.78 is 38.4. The van der Waals surface area contributed by atoms with Gasteiger partial charge in [0.15, 0.2) is 0 Å². The van der Waals surface area contributed by atoms with Crippen LogP contribution in [0.2, 0.25) is 0 Å². The van der Waals surface area contributed by atoms with Crippen LogP contribution in [0.1, 0.15) is 12.0 Å². The SMILES string of the molecule is CN1CC[C@@H](Nc2nc(Nc3ccc(C(F)(F)F)cc3)c3c(=O)[nH]ccc3n2)C1. The second-order valence-corrected chi connectivity index (χ2v) is 7.06. The topological polar surface area (TPSA) is 85.9 Å². The molecule has 7 nitrogen and oxygen atoms in total. The number of hydrogen-bond donors (Lipinski definition) is 3. The van der Waals surface area contributed by atoms with Crippen LogP contribution in [0.3, 0.4) is 0 Å². The van der Waals surface area contributed by atoms with Gasteiger partial charge in [-0.15, -0.1) is 0 Å². The molecule has 3 heterocycles. The number of fused-ring (bicyclic) bond motifs is 1. The van der Waals surface area contributed by atoms with Crippen molar-refractivity contribution in [2.24, 2.45) is 0 Å². The van der Waals surface area contributed by atoms with E-state index in [-0.39, 0.29) is 22.8 Å². The summed E-state index contributed by atoms with van der Waals surface area (Å²) in [4.78, 5) is 25.9. The molecule has 0 bridgehead atoms. The number of aromatic amines is 1. The summed E-state index contributed by atoms with van der Waals surface area (Å²) in [5, 5.41) is 6.46. The zero-order valence-electron chi connectivity index (χ0n) is 15.5. The predicted octanol–water partition coefficient (Wildman–Crippen LogP) is 3.20. The number of nitrogens with one attached hydrogen (secondary N) is 3. The van der Waals surface area contributed by atoms with Crippen molar-refractivity contribution in [1.29, 1.82) is 0 Å². The molecule has 4 rings (SSSR count). The number of likely N-dealkylation sites (tertiary alicyclic amines) is 1. The van der Waals surface area contributed by atoms with Gasteiger partial charge in [0.1, 0.15) is 11.2 Å². The number of benzene rings is 1. The van der Waals surface area contributed by atoms with E-state index >= 15 is 0 Å². The number of rotatable bonds is 4. The minimum Gasteiger partial charge on any atom is -0.350 e. The van der Waals surface area contributed by atoms with Gasteiger partial charge in [-0.05, 0) is 50.3 Å². The summed E-state index contributed by atoms with van der Waals surface area (Å²) >= 11 is 0. The molecule has 0 saturated carbocycles. The Morgan fingerprint density at radius 2 is 1.93 bits per heavy atom. The fraction of sp³-hybridized carbons (Fsp3) is 0.316. The number of alkyl halides is 3. The Bertz CT molecular complexity index is 1080. The summed E-state index contributed by atoms with van der Waals surface area (Å²) in [6, 6.07) is 6.38. The third kappa shape index (κ3) is 4.16. The van der Waals surface area contributed by atoms with Gasteiger partial charge in [-0.1, -0.05) is 0 Å². The van der Waals surface area contributed by atoms with E-state index in [1.165, 1.54) is 18.3 Å². The van der Waals surface area contributed by atoms with Gasteiger partial charge in [-0.2, -0.15) is 18.2 Å². The fourth-order valence-electron chi connectivity index (χ4n) is 3.36. The molecule has 10 heteroatoms. The average Bonchev–Trinajstić information content (AvgIpc) is 3.06. The molecule has 0 spiro atoms. The lowest BCUT2D eigenvalue weighted by Gasteiger charge is -2.15. The van der Waals surface area contributed by atoms with Gasteiger partial charge in [0.25, 0.3) is 5.56 Å². The summed E-state index contributed by atoms with van der Waals surface area (Å²) in [6.07, 6.45) is -1.98. The van der Waals surface area contributed by atoms with Crippen LogP contribution in [0, 0.1) is 0 Å². The molecule has 2 aromatic heterocycles. The standard InChI is InChI=1S/C19H19F3N6O/c1-28-9-7-13(10-28)25-18-26-14-6-8-23-17(29)15(14)16(27-18)24-12-4-2-11(3-5-12)19(20,21)22/h2-6,8,13H,7,9-10H2,1H3,(H,23,29)(H2,24,25,26,27)/t13-/m1/s1. The van der Waals surface area contributed by atoms with Gasteiger partial charge < -0.3 is 20.5 Å². The van der Waals surface area contributed by atoms with Gasteiger partial charge in [0, 0.05) is 24.5 Å². The van der Waals surface area contributed by atoms with Crippen molar-refractivity contribution in [3.05, 3.63) is 52.4 Å². The maximum atomic E-state index is 12.8. The largest absolute Gasteiger partial charge is 0.416 e. The normalized spacial score (nSPS) is 17.6. The third-order valence-corrected chi connectivity index (χ3v) is 4.82. The second-order valence-electron chi connectivity index (χ2n) is 7.06. The minimum absolute atomic E-state index is 0.179. The molecule has 0 aliphatic carbocycles. The zero-order valence-corrected chi connectivity index (χ0v) is 15.5. The number of anilines is 3. The lowest BCUT2D eigenvalue weighted by atomic mass is 10.2. The summed E-state index contributed by atoms with van der Waals surface area (Å²) in [7, 11) is 2.03. The molecule has 1 aromatic carbocycles. The Hall–Kier alpha value is -3.14. The smallest absolute Gasteiger partial charge is 0.350 e. The Morgan fingerprint density at radius 1 is 1.17 bits per heavy atom. The van der Waals surface area contributed by atoms with Crippen LogP contribution in [-0.4, -0.2) is 46.0 Å². The van der Waals surface area contributed by atoms with Crippen molar-refractivity contribution in [2.75, 3.05) is 30.8 Å². The highest BCUT2D eigenvalue weighted by atomic mass is 19.4. The summed E-state index contributed by atoms with van der Waals surface area (Å²) in [5.74, 6) is 0.586.